The lowest BCUT2D eigenvalue weighted by atomic mass is 10.1. The Morgan fingerprint density at radius 3 is 2.40 bits per heavy atom. The van der Waals surface area contributed by atoms with Crippen LogP contribution >= 0.6 is 0 Å². The number of hydrogen-bond donors (Lipinski definition) is 3. The quantitative estimate of drug-likeness (QED) is 0.465. The molecule has 0 bridgehead atoms. The van der Waals surface area contributed by atoms with Gasteiger partial charge in [-0.25, -0.2) is 13.2 Å². The van der Waals surface area contributed by atoms with Crippen molar-refractivity contribution in [2.75, 3.05) is 19.6 Å². The summed E-state index contributed by atoms with van der Waals surface area (Å²) in [5, 5.41) is 5.34. The van der Waals surface area contributed by atoms with Crippen LogP contribution in [-0.2, 0) is 26.0 Å². The fourth-order valence-corrected chi connectivity index (χ4v) is 5.22. The third-order valence-corrected chi connectivity index (χ3v) is 7.40. The van der Waals surface area contributed by atoms with E-state index in [-0.39, 0.29) is 37.0 Å². The first-order chi connectivity index (χ1) is 16.6. The number of nitrogens with zero attached hydrogens (tertiary/aromatic N) is 3. The van der Waals surface area contributed by atoms with E-state index in [1.54, 1.807) is 56.6 Å². The molecule has 1 aromatic carbocycles. The van der Waals surface area contributed by atoms with Gasteiger partial charge in [0.1, 0.15) is 12.1 Å². The SMILES string of the molecule is CC(C)NC(=O)N1CCN(S(=O)(=O)c2ccccc2)C[C@H]1C(=O)N[C@@H](Cc1cccnc1)C(N)=O. The van der Waals surface area contributed by atoms with Crippen molar-refractivity contribution in [3.05, 3.63) is 60.4 Å². The summed E-state index contributed by atoms with van der Waals surface area (Å²) in [4.78, 5) is 43.6. The molecule has 0 saturated carbocycles. The number of hydrogen-bond acceptors (Lipinski definition) is 6. The summed E-state index contributed by atoms with van der Waals surface area (Å²) in [7, 11) is -3.90. The van der Waals surface area contributed by atoms with Gasteiger partial charge in [-0.2, -0.15) is 4.31 Å². The van der Waals surface area contributed by atoms with Crippen molar-refractivity contribution >= 4 is 27.9 Å². The van der Waals surface area contributed by atoms with Crippen molar-refractivity contribution in [2.45, 2.75) is 43.3 Å². The minimum absolute atomic E-state index is 0.00739. The van der Waals surface area contributed by atoms with Crippen molar-refractivity contribution in [1.82, 2.24) is 24.8 Å². The number of piperazine rings is 1. The highest BCUT2D eigenvalue weighted by molar-refractivity contribution is 7.89. The highest BCUT2D eigenvalue weighted by Crippen LogP contribution is 2.20. The minimum Gasteiger partial charge on any atom is -0.368 e. The Labute approximate surface area is 204 Å². The minimum atomic E-state index is -3.90. The van der Waals surface area contributed by atoms with Crippen molar-refractivity contribution in [1.29, 1.82) is 0 Å². The van der Waals surface area contributed by atoms with E-state index in [0.29, 0.717) is 5.56 Å². The lowest BCUT2D eigenvalue weighted by Gasteiger charge is -2.40. The summed E-state index contributed by atoms with van der Waals surface area (Å²) in [5.41, 5.74) is 6.21. The van der Waals surface area contributed by atoms with Crippen LogP contribution in [0.5, 0.6) is 0 Å². The van der Waals surface area contributed by atoms with Gasteiger partial charge in [0.2, 0.25) is 21.8 Å². The zero-order chi connectivity index (χ0) is 25.6. The number of nitrogens with two attached hydrogens (primary N) is 1. The van der Waals surface area contributed by atoms with Gasteiger partial charge in [0.05, 0.1) is 4.90 Å². The number of sulfonamides is 1. The molecule has 1 saturated heterocycles. The fraction of sp³-hybridized carbons (Fsp3) is 0.391. The second-order valence-electron chi connectivity index (χ2n) is 8.52. The number of nitrogens with one attached hydrogen (secondary N) is 2. The van der Waals surface area contributed by atoms with Crippen LogP contribution in [0.2, 0.25) is 0 Å². The number of amides is 4. The van der Waals surface area contributed by atoms with Gasteiger partial charge >= 0.3 is 6.03 Å². The van der Waals surface area contributed by atoms with Crippen molar-refractivity contribution < 1.29 is 22.8 Å². The Morgan fingerprint density at radius 1 is 1.09 bits per heavy atom. The molecule has 4 amide bonds. The normalized spacial score (nSPS) is 17.6. The predicted molar refractivity (Wildman–Crippen MR) is 128 cm³/mol. The van der Waals surface area contributed by atoms with Gasteiger partial charge in [-0.15, -0.1) is 0 Å². The van der Waals surface area contributed by atoms with E-state index in [1.165, 1.54) is 21.3 Å². The first kappa shape index (κ1) is 26.1. The number of carbonyl (C=O) groups excluding carboxylic acids is 3. The molecule has 11 nitrogen and oxygen atoms in total. The first-order valence-electron chi connectivity index (χ1n) is 11.2. The molecule has 1 aliphatic heterocycles. The number of primary amides is 1. The molecule has 2 atom stereocenters. The molecule has 2 heterocycles. The third-order valence-electron chi connectivity index (χ3n) is 5.52. The molecule has 2 aromatic rings. The van der Waals surface area contributed by atoms with Crippen LogP contribution in [0, 0.1) is 0 Å². The molecular weight excluding hydrogens is 472 g/mol. The summed E-state index contributed by atoms with van der Waals surface area (Å²) in [6, 6.07) is 8.38. The molecule has 3 rings (SSSR count). The number of aromatic nitrogens is 1. The predicted octanol–water partition coefficient (Wildman–Crippen LogP) is 0.0873. The monoisotopic (exact) mass is 502 g/mol. The van der Waals surface area contributed by atoms with E-state index in [9.17, 15) is 22.8 Å². The van der Waals surface area contributed by atoms with E-state index in [0.717, 1.165) is 0 Å². The van der Waals surface area contributed by atoms with Crippen LogP contribution in [0.1, 0.15) is 19.4 Å². The van der Waals surface area contributed by atoms with Crippen LogP contribution in [0.15, 0.2) is 59.8 Å². The molecule has 1 aliphatic rings. The molecule has 0 spiro atoms. The van der Waals surface area contributed by atoms with E-state index < -0.39 is 40.0 Å². The van der Waals surface area contributed by atoms with E-state index in [2.05, 4.69) is 15.6 Å². The number of urea groups is 1. The maximum Gasteiger partial charge on any atom is 0.318 e. The molecule has 188 valence electrons. The second-order valence-corrected chi connectivity index (χ2v) is 10.5. The highest BCUT2D eigenvalue weighted by Gasteiger charge is 2.40. The molecule has 1 fully saturated rings. The number of carbonyl (C=O) groups is 3. The third kappa shape index (κ3) is 6.55. The van der Waals surface area contributed by atoms with Gasteiger partial charge in [-0.05, 0) is 37.6 Å². The molecule has 4 N–H and O–H groups in total. The molecule has 0 unspecified atom stereocenters. The smallest absolute Gasteiger partial charge is 0.318 e. The summed E-state index contributed by atoms with van der Waals surface area (Å²) in [6.45, 7) is 3.29. The Hall–Kier alpha value is -3.51. The van der Waals surface area contributed by atoms with Crippen LogP contribution in [-0.4, -0.2) is 78.2 Å². The summed E-state index contributed by atoms with van der Waals surface area (Å²) < 4.78 is 27.5. The molecule has 35 heavy (non-hydrogen) atoms. The molecular formula is C23H30N6O5S. The van der Waals surface area contributed by atoms with Crippen LogP contribution in [0.25, 0.3) is 0 Å². The van der Waals surface area contributed by atoms with Gasteiger partial charge in [0, 0.05) is 44.5 Å². The van der Waals surface area contributed by atoms with Crippen molar-refractivity contribution in [3.8, 4) is 0 Å². The summed E-state index contributed by atoms with van der Waals surface area (Å²) in [6.07, 6.45) is 3.24. The Kier molecular flexibility index (Phi) is 8.41. The lowest BCUT2D eigenvalue weighted by Crippen LogP contribution is -2.64. The van der Waals surface area contributed by atoms with Crippen molar-refractivity contribution in [3.63, 3.8) is 0 Å². The van der Waals surface area contributed by atoms with Gasteiger partial charge in [0.15, 0.2) is 0 Å². The Bertz CT molecular complexity index is 1140. The molecule has 0 radical (unpaired) electrons. The van der Waals surface area contributed by atoms with Crippen LogP contribution in [0.3, 0.4) is 0 Å². The van der Waals surface area contributed by atoms with Crippen LogP contribution in [0.4, 0.5) is 4.79 Å². The Morgan fingerprint density at radius 2 is 1.80 bits per heavy atom. The Balaban J connectivity index is 1.85. The zero-order valence-electron chi connectivity index (χ0n) is 19.6. The second kappa shape index (κ2) is 11.3. The van der Waals surface area contributed by atoms with Crippen LogP contribution < -0.4 is 16.4 Å². The number of rotatable bonds is 8. The molecule has 12 heteroatoms. The molecule has 0 aliphatic carbocycles. The maximum absolute atomic E-state index is 13.3. The van der Waals surface area contributed by atoms with Gasteiger partial charge < -0.3 is 21.3 Å². The summed E-state index contributed by atoms with van der Waals surface area (Å²) >= 11 is 0. The highest BCUT2D eigenvalue weighted by atomic mass is 32.2. The van der Waals surface area contributed by atoms with E-state index in [4.69, 9.17) is 5.73 Å². The topological polar surface area (TPSA) is 155 Å². The van der Waals surface area contributed by atoms with Gasteiger partial charge in [-0.1, -0.05) is 24.3 Å². The fourth-order valence-electron chi connectivity index (χ4n) is 3.76. The number of benzene rings is 1. The van der Waals surface area contributed by atoms with Gasteiger partial charge in [-0.3, -0.25) is 14.6 Å². The lowest BCUT2D eigenvalue weighted by molar-refractivity contribution is -0.131. The average Bonchev–Trinajstić information content (AvgIpc) is 2.83. The largest absolute Gasteiger partial charge is 0.368 e. The zero-order valence-corrected chi connectivity index (χ0v) is 20.4. The standard InChI is InChI=1S/C23H30N6O5S/c1-16(2)26-23(32)29-12-11-28(35(33,34)18-8-4-3-5-9-18)15-20(29)22(31)27-19(21(24)30)13-17-7-6-10-25-14-17/h3-10,14,16,19-20H,11-13,15H2,1-2H3,(H2,24,30)(H,26,32)(H,27,31)/t19-,20-/m0/s1. The van der Waals surface area contributed by atoms with E-state index in [1.807, 2.05) is 0 Å². The van der Waals surface area contributed by atoms with Crippen molar-refractivity contribution in [2.24, 2.45) is 5.73 Å². The average molecular weight is 503 g/mol. The summed E-state index contributed by atoms with van der Waals surface area (Å²) in [5.74, 6) is -1.44. The molecule has 1 aromatic heterocycles. The number of pyridine rings is 1. The van der Waals surface area contributed by atoms with E-state index >= 15 is 0 Å². The first-order valence-corrected chi connectivity index (χ1v) is 12.6. The van der Waals surface area contributed by atoms with Gasteiger partial charge in [0.25, 0.3) is 0 Å². The maximum atomic E-state index is 13.3.